The second kappa shape index (κ2) is 9.84. The molecule has 1 atom stereocenters. The number of rotatable bonds is 7. The van der Waals surface area contributed by atoms with E-state index < -0.39 is 5.69 Å². The maximum absolute atomic E-state index is 12.8. The summed E-state index contributed by atoms with van der Waals surface area (Å²) >= 11 is 12.5. The molecule has 2 aromatic heterocycles. The van der Waals surface area contributed by atoms with Crippen molar-refractivity contribution in [1.82, 2.24) is 24.4 Å². The molecular formula is C23H23Cl2N7O2. The topological polar surface area (TPSA) is 111 Å². The Morgan fingerprint density at radius 1 is 1.12 bits per heavy atom. The second-order valence-corrected chi connectivity index (χ2v) is 8.77. The van der Waals surface area contributed by atoms with Gasteiger partial charge in [0.1, 0.15) is 17.7 Å². The van der Waals surface area contributed by atoms with Crippen molar-refractivity contribution in [2.75, 3.05) is 31.7 Å². The van der Waals surface area contributed by atoms with Gasteiger partial charge in [0.2, 0.25) is 5.95 Å². The zero-order valence-corrected chi connectivity index (χ0v) is 20.3. The summed E-state index contributed by atoms with van der Waals surface area (Å²) in [6.45, 7) is 2.83. The fourth-order valence-corrected chi connectivity index (χ4v) is 4.08. The van der Waals surface area contributed by atoms with Gasteiger partial charge < -0.3 is 20.7 Å². The number of ether oxygens (including phenoxy) is 1. The summed E-state index contributed by atoms with van der Waals surface area (Å²) in [5.41, 5.74) is 6.77. The van der Waals surface area contributed by atoms with Crippen LogP contribution in [0.3, 0.4) is 0 Å². The number of hydrogen-bond acceptors (Lipinski definition) is 8. The summed E-state index contributed by atoms with van der Waals surface area (Å²) in [7, 11) is 4.00. The molecule has 2 heterocycles. The Morgan fingerprint density at radius 3 is 2.44 bits per heavy atom. The minimum absolute atomic E-state index is 0.0545. The summed E-state index contributed by atoms with van der Waals surface area (Å²) in [4.78, 5) is 27.6. The standard InChI is InChI=1S/C23H23Cl2N7O2/c1-13(12-31(2)3)34-15-9-7-14(8-10-15)28-22-27-11-16-20(26)32(23(33)30-21(16)29-22)19-17(24)5-4-6-18(19)25/h4-11,13H,12,26H2,1-3H3,(H,28,29,30,33). The molecule has 0 aliphatic heterocycles. The van der Waals surface area contributed by atoms with E-state index >= 15 is 0 Å². The van der Waals surface area contributed by atoms with Crippen LogP contribution in [0.4, 0.5) is 17.5 Å². The van der Waals surface area contributed by atoms with Gasteiger partial charge >= 0.3 is 5.69 Å². The first-order chi connectivity index (χ1) is 16.2. The average molecular weight is 500 g/mol. The highest BCUT2D eigenvalue weighted by Crippen LogP contribution is 2.30. The SMILES string of the molecule is CC(CN(C)C)Oc1ccc(Nc2ncc3c(N)n(-c4c(Cl)cccc4Cl)c(=O)nc3n2)cc1. The van der Waals surface area contributed by atoms with E-state index in [0.29, 0.717) is 5.39 Å². The quantitative estimate of drug-likeness (QED) is 0.390. The molecule has 0 aliphatic carbocycles. The van der Waals surface area contributed by atoms with Crippen LogP contribution in [0, 0.1) is 0 Å². The maximum atomic E-state index is 12.8. The molecule has 0 saturated carbocycles. The third-order valence-electron chi connectivity index (χ3n) is 4.91. The summed E-state index contributed by atoms with van der Waals surface area (Å²) in [6, 6.07) is 12.3. The highest BCUT2D eigenvalue weighted by Gasteiger charge is 2.17. The summed E-state index contributed by atoms with van der Waals surface area (Å²) in [5, 5.41) is 4.02. The fraction of sp³-hybridized carbons (Fsp3) is 0.217. The van der Waals surface area contributed by atoms with Crippen LogP contribution in [0.2, 0.25) is 10.0 Å². The Kier molecular flexibility index (Phi) is 6.87. The Morgan fingerprint density at radius 2 is 1.79 bits per heavy atom. The molecule has 2 aromatic carbocycles. The Balaban J connectivity index is 1.60. The van der Waals surface area contributed by atoms with Crippen molar-refractivity contribution in [1.29, 1.82) is 0 Å². The molecule has 0 radical (unpaired) electrons. The number of fused-ring (bicyclic) bond motifs is 1. The molecule has 9 nitrogen and oxygen atoms in total. The van der Waals surface area contributed by atoms with Gasteiger partial charge in [-0.15, -0.1) is 0 Å². The molecule has 1 unspecified atom stereocenters. The number of nitrogens with one attached hydrogen (secondary N) is 1. The van der Waals surface area contributed by atoms with E-state index in [1.54, 1.807) is 18.2 Å². The first-order valence-electron chi connectivity index (χ1n) is 10.4. The van der Waals surface area contributed by atoms with Gasteiger partial charge in [0.05, 0.1) is 21.1 Å². The number of likely N-dealkylation sites (N-methyl/N-ethyl adjacent to an activating group) is 1. The molecule has 34 heavy (non-hydrogen) atoms. The molecule has 0 saturated heterocycles. The summed E-state index contributed by atoms with van der Waals surface area (Å²) < 4.78 is 7.05. The molecule has 0 aliphatic rings. The lowest BCUT2D eigenvalue weighted by molar-refractivity contribution is 0.177. The van der Waals surface area contributed by atoms with E-state index in [1.165, 1.54) is 6.20 Å². The van der Waals surface area contributed by atoms with E-state index in [2.05, 4.69) is 25.2 Å². The number of nitrogens with zero attached hydrogens (tertiary/aromatic N) is 5. The van der Waals surface area contributed by atoms with Crippen molar-refractivity contribution in [2.24, 2.45) is 0 Å². The lowest BCUT2D eigenvalue weighted by atomic mass is 10.3. The van der Waals surface area contributed by atoms with Gasteiger partial charge in [-0.25, -0.2) is 14.3 Å². The molecule has 4 aromatic rings. The van der Waals surface area contributed by atoms with Crippen molar-refractivity contribution in [3.8, 4) is 11.4 Å². The van der Waals surface area contributed by atoms with E-state index in [0.717, 1.165) is 22.5 Å². The van der Waals surface area contributed by atoms with E-state index in [1.807, 2.05) is 45.3 Å². The molecule has 0 fully saturated rings. The maximum Gasteiger partial charge on any atom is 0.355 e. The van der Waals surface area contributed by atoms with Crippen LogP contribution in [0.5, 0.6) is 5.75 Å². The van der Waals surface area contributed by atoms with Crippen LogP contribution in [0.15, 0.2) is 53.5 Å². The number of benzene rings is 2. The Hall–Kier alpha value is -3.40. The Bertz CT molecular complexity index is 1370. The second-order valence-electron chi connectivity index (χ2n) is 7.96. The zero-order valence-electron chi connectivity index (χ0n) is 18.8. The predicted octanol–water partition coefficient (Wildman–Crippen LogP) is 4.14. The first-order valence-corrected chi connectivity index (χ1v) is 11.2. The molecule has 4 rings (SSSR count). The molecule has 0 spiro atoms. The van der Waals surface area contributed by atoms with Crippen LogP contribution < -0.4 is 21.5 Å². The lowest BCUT2D eigenvalue weighted by Crippen LogP contribution is -2.27. The number of nitrogen functional groups attached to an aromatic ring is 1. The molecule has 0 bridgehead atoms. The van der Waals surface area contributed by atoms with Crippen molar-refractivity contribution in [3.63, 3.8) is 0 Å². The van der Waals surface area contributed by atoms with Gasteiger partial charge in [-0.3, -0.25) is 0 Å². The number of aromatic nitrogens is 4. The number of hydrogen-bond donors (Lipinski definition) is 2. The molecule has 176 valence electrons. The van der Waals surface area contributed by atoms with Crippen molar-refractivity contribution >= 4 is 51.7 Å². The highest BCUT2D eigenvalue weighted by molar-refractivity contribution is 6.37. The van der Waals surface area contributed by atoms with Gasteiger partial charge in [0.25, 0.3) is 0 Å². The predicted molar refractivity (Wildman–Crippen MR) is 136 cm³/mol. The van der Waals surface area contributed by atoms with Crippen molar-refractivity contribution in [3.05, 3.63) is 69.2 Å². The van der Waals surface area contributed by atoms with E-state index in [4.69, 9.17) is 33.7 Å². The Labute approximate surface area is 206 Å². The number of para-hydroxylation sites is 1. The zero-order chi connectivity index (χ0) is 24.4. The molecular weight excluding hydrogens is 477 g/mol. The first kappa shape index (κ1) is 23.7. The minimum atomic E-state index is -0.655. The summed E-state index contributed by atoms with van der Waals surface area (Å²) in [6.07, 6.45) is 1.55. The average Bonchev–Trinajstić information content (AvgIpc) is 2.76. The normalized spacial score (nSPS) is 12.2. The number of anilines is 3. The van der Waals surface area contributed by atoms with Crippen molar-refractivity contribution < 1.29 is 4.74 Å². The monoisotopic (exact) mass is 499 g/mol. The number of halogens is 2. The van der Waals surface area contributed by atoms with E-state index in [-0.39, 0.29) is 39.2 Å². The van der Waals surface area contributed by atoms with Crippen molar-refractivity contribution in [2.45, 2.75) is 13.0 Å². The smallest absolute Gasteiger partial charge is 0.355 e. The van der Waals surface area contributed by atoms with Gasteiger partial charge in [0.15, 0.2) is 5.65 Å². The van der Waals surface area contributed by atoms with E-state index in [9.17, 15) is 4.79 Å². The van der Waals surface area contributed by atoms with Crippen LogP contribution in [-0.2, 0) is 0 Å². The van der Waals surface area contributed by atoms with Gasteiger partial charge in [0, 0.05) is 18.4 Å². The minimum Gasteiger partial charge on any atom is -0.489 e. The molecule has 3 N–H and O–H groups in total. The number of nitrogens with two attached hydrogens (primary N) is 1. The molecule has 11 heteroatoms. The molecule has 0 amide bonds. The van der Waals surface area contributed by atoms with Crippen LogP contribution >= 0.6 is 23.2 Å². The third kappa shape index (κ3) is 5.06. The van der Waals surface area contributed by atoms with Gasteiger partial charge in [-0.2, -0.15) is 9.97 Å². The van der Waals surface area contributed by atoms with Gasteiger partial charge in [-0.1, -0.05) is 29.3 Å². The lowest BCUT2D eigenvalue weighted by Gasteiger charge is -2.18. The van der Waals surface area contributed by atoms with Crippen LogP contribution in [-0.4, -0.2) is 51.2 Å². The van der Waals surface area contributed by atoms with Gasteiger partial charge in [-0.05, 0) is 57.4 Å². The highest BCUT2D eigenvalue weighted by atomic mass is 35.5. The fourth-order valence-electron chi connectivity index (χ4n) is 3.51. The van der Waals surface area contributed by atoms with Crippen LogP contribution in [0.25, 0.3) is 16.7 Å². The van der Waals surface area contributed by atoms with Crippen LogP contribution in [0.1, 0.15) is 6.92 Å². The largest absolute Gasteiger partial charge is 0.489 e. The summed E-state index contributed by atoms with van der Waals surface area (Å²) in [5.74, 6) is 1.11. The third-order valence-corrected chi connectivity index (χ3v) is 5.52.